The van der Waals surface area contributed by atoms with Crippen LogP contribution in [0.15, 0.2) is 185 Å². The number of para-hydroxylation sites is 3. The topological polar surface area (TPSA) is 29.5 Å². The van der Waals surface area contributed by atoms with Crippen LogP contribution in [-0.2, 0) is 0 Å². The second-order valence-electron chi connectivity index (χ2n) is 12.6. The minimum Gasteiger partial charge on any atom is -0.456 e. The van der Waals surface area contributed by atoms with E-state index >= 15 is 0 Å². The zero-order valence-electron chi connectivity index (χ0n) is 26.5. The summed E-state index contributed by atoms with van der Waals surface area (Å²) in [6, 6.07) is 62.1. The molecular weight excluding hydrogens is 599 g/mol. The molecule has 0 amide bonds. The summed E-state index contributed by atoms with van der Waals surface area (Å²) >= 11 is 0. The van der Waals surface area contributed by atoms with E-state index < -0.39 is 0 Å². The fraction of sp³-hybridized carbons (Fsp3) is 0. The van der Waals surface area contributed by atoms with Gasteiger partial charge in [-0.2, -0.15) is 0 Å². The van der Waals surface area contributed by atoms with E-state index in [4.69, 9.17) is 8.83 Å². The highest BCUT2D eigenvalue weighted by molar-refractivity contribution is 6.10. The fourth-order valence-corrected chi connectivity index (χ4v) is 7.26. The van der Waals surface area contributed by atoms with Gasteiger partial charge in [-0.25, -0.2) is 0 Å². The van der Waals surface area contributed by atoms with Crippen LogP contribution in [0, 0.1) is 0 Å². The maximum absolute atomic E-state index is 6.38. The summed E-state index contributed by atoms with van der Waals surface area (Å²) in [6.45, 7) is 0. The number of benzene rings is 8. The van der Waals surface area contributed by atoms with Crippen molar-refractivity contribution < 1.29 is 8.83 Å². The van der Waals surface area contributed by atoms with Crippen LogP contribution in [0.5, 0.6) is 0 Å². The molecule has 0 radical (unpaired) electrons. The van der Waals surface area contributed by atoms with Crippen molar-refractivity contribution in [3.05, 3.63) is 176 Å². The molecular formula is C46H29NO2. The van der Waals surface area contributed by atoms with Gasteiger partial charge >= 0.3 is 0 Å². The first-order valence-electron chi connectivity index (χ1n) is 16.6. The Morgan fingerprint density at radius 1 is 0.327 bits per heavy atom. The van der Waals surface area contributed by atoms with Crippen LogP contribution >= 0.6 is 0 Å². The van der Waals surface area contributed by atoms with E-state index in [-0.39, 0.29) is 0 Å². The van der Waals surface area contributed by atoms with Gasteiger partial charge in [0.25, 0.3) is 0 Å². The van der Waals surface area contributed by atoms with Crippen molar-refractivity contribution in [1.82, 2.24) is 0 Å². The first kappa shape index (κ1) is 27.5. The first-order valence-corrected chi connectivity index (χ1v) is 16.6. The van der Waals surface area contributed by atoms with Gasteiger partial charge in [0.15, 0.2) is 0 Å². The quantitative estimate of drug-likeness (QED) is 0.190. The molecule has 10 aromatic rings. The van der Waals surface area contributed by atoms with Crippen LogP contribution in [0.3, 0.4) is 0 Å². The number of hydrogen-bond acceptors (Lipinski definition) is 3. The number of nitrogens with zero attached hydrogens (tertiary/aromatic N) is 1. The Bertz CT molecular complexity index is 2840. The molecule has 3 heteroatoms. The predicted molar refractivity (Wildman–Crippen MR) is 204 cm³/mol. The lowest BCUT2D eigenvalue weighted by molar-refractivity contribution is 0.669. The molecule has 8 aromatic carbocycles. The van der Waals surface area contributed by atoms with Gasteiger partial charge in [0, 0.05) is 50.2 Å². The smallest absolute Gasteiger partial charge is 0.143 e. The standard InChI is InChI=1S/C46H29NO2/c1-2-10-32-27-34(20-19-30(32)9-1)33-11-7-12-36(28-33)47(37-25-26-41-39-13-3-5-17-43(39)48-45(41)29-37)35-23-21-31(22-24-35)38-15-8-16-42-40-14-4-6-18-44(40)49-46(38)42/h1-29H. The summed E-state index contributed by atoms with van der Waals surface area (Å²) in [6.07, 6.45) is 0. The predicted octanol–water partition coefficient (Wildman–Crippen LogP) is 13.4. The molecule has 0 N–H and O–H groups in total. The van der Waals surface area contributed by atoms with Crippen molar-refractivity contribution >= 4 is 71.7 Å². The molecule has 0 spiro atoms. The van der Waals surface area contributed by atoms with Crippen LogP contribution in [0.2, 0.25) is 0 Å². The molecule has 230 valence electrons. The van der Waals surface area contributed by atoms with Crippen molar-refractivity contribution in [2.75, 3.05) is 4.90 Å². The van der Waals surface area contributed by atoms with E-state index in [1.807, 2.05) is 24.3 Å². The molecule has 3 nitrogen and oxygen atoms in total. The lowest BCUT2D eigenvalue weighted by Gasteiger charge is -2.26. The maximum atomic E-state index is 6.38. The zero-order chi connectivity index (χ0) is 32.3. The molecule has 0 atom stereocenters. The van der Waals surface area contributed by atoms with E-state index in [1.165, 1.54) is 16.3 Å². The highest BCUT2D eigenvalue weighted by Crippen LogP contribution is 2.41. The van der Waals surface area contributed by atoms with Crippen LogP contribution < -0.4 is 4.90 Å². The van der Waals surface area contributed by atoms with Gasteiger partial charge in [0.05, 0.1) is 0 Å². The van der Waals surface area contributed by atoms with Gasteiger partial charge in [-0.1, -0.05) is 115 Å². The SMILES string of the molecule is c1cc(-c2ccc3ccccc3c2)cc(N(c2ccc(-c3cccc4c3oc3ccccc34)cc2)c2ccc3c(c2)oc2ccccc23)c1. The first-order chi connectivity index (χ1) is 24.3. The van der Waals surface area contributed by atoms with Gasteiger partial charge in [-0.15, -0.1) is 0 Å². The van der Waals surface area contributed by atoms with Crippen LogP contribution in [-0.4, -0.2) is 0 Å². The molecule has 0 saturated carbocycles. The summed E-state index contributed by atoms with van der Waals surface area (Å²) in [5, 5.41) is 6.96. The molecule has 0 unspecified atom stereocenters. The number of anilines is 3. The van der Waals surface area contributed by atoms with Gasteiger partial charge in [-0.3, -0.25) is 0 Å². The average molecular weight is 628 g/mol. The lowest BCUT2D eigenvalue weighted by atomic mass is 10.00. The Morgan fingerprint density at radius 3 is 1.80 bits per heavy atom. The normalized spacial score (nSPS) is 11.7. The summed E-state index contributed by atoms with van der Waals surface area (Å²) in [5.74, 6) is 0. The molecule has 0 saturated heterocycles. The Balaban J connectivity index is 1.11. The molecule has 0 aliphatic heterocycles. The van der Waals surface area contributed by atoms with Crippen molar-refractivity contribution in [1.29, 1.82) is 0 Å². The second-order valence-corrected chi connectivity index (χ2v) is 12.6. The van der Waals surface area contributed by atoms with Crippen LogP contribution in [0.25, 0.3) is 76.9 Å². The highest BCUT2D eigenvalue weighted by Gasteiger charge is 2.18. The molecule has 10 rings (SSSR count). The summed E-state index contributed by atoms with van der Waals surface area (Å²) in [7, 11) is 0. The van der Waals surface area contributed by atoms with Crippen molar-refractivity contribution in [2.45, 2.75) is 0 Å². The maximum Gasteiger partial charge on any atom is 0.143 e. The molecule has 2 aromatic heterocycles. The summed E-state index contributed by atoms with van der Waals surface area (Å²) < 4.78 is 12.7. The molecule has 0 fully saturated rings. The van der Waals surface area contributed by atoms with Crippen LogP contribution in [0.4, 0.5) is 17.1 Å². The summed E-state index contributed by atoms with van der Waals surface area (Å²) in [5.41, 5.74) is 11.2. The Labute approximate surface area is 282 Å². The van der Waals surface area contributed by atoms with Gasteiger partial charge in [0.2, 0.25) is 0 Å². The third-order valence-electron chi connectivity index (χ3n) is 9.65. The minimum absolute atomic E-state index is 0.863. The van der Waals surface area contributed by atoms with Crippen LogP contribution in [0.1, 0.15) is 0 Å². The number of fused-ring (bicyclic) bond motifs is 7. The minimum atomic E-state index is 0.863. The van der Waals surface area contributed by atoms with Gasteiger partial charge < -0.3 is 13.7 Å². The average Bonchev–Trinajstić information content (AvgIpc) is 3.73. The van der Waals surface area contributed by atoms with E-state index in [0.29, 0.717) is 0 Å². The zero-order valence-corrected chi connectivity index (χ0v) is 26.5. The highest BCUT2D eigenvalue weighted by atomic mass is 16.3. The third kappa shape index (κ3) is 4.59. The Morgan fingerprint density at radius 2 is 0.939 bits per heavy atom. The molecule has 0 aliphatic carbocycles. The van der Waals surface area contributed by atoms with Crippen molar-refractivity contribution in [3.63, 3.8) is 0 Å². The van der Waals surface area contributed by atoms with E-state index in [2.05, 4.69) is 157 Å². The lowest BCUT2D eigenvalue weighted by Crippen LogP contribution is -2.10. The van der Waals surface area contributed by atoms with E-state index in [1.54, 1.807) is 0 Å². The van der Waals surface area contributed by atoms with E-state index in [0.717, 1.165) is 77.6 Å². The molecule has 2 heterocycles. The molecule has 0 aliphatic rings. The molecule has 0 bridgehead atoms. The van der Waals surface area contributed by atoms with E-state index in [9.17, 15) is 0 Å². The van der Waals surface area contributed by atoms with Crippen molar-refractivity contribution in [2.24, 2.45) is 0 Å². The monoisotopic (exact) mass is 627 g/mol. The largest absolute Gasteiger partial charge is 0.456 e. The fourth-order valence-electron chi connectivity index (χ4n) is 7.26. The van der Waals surface area contributed by atoms with Gasteiger partial charge in [-0.05, 0) is 82.1 Å². The number of furan rings is 2. The number of rotatable bonds is 5. The third-order valence-corrected chi connectivity index (χ3v) is 9.65. The number of hydrogen-bond donors (Lipinski definition) is 0. The Hall–Kier alpha value is -6.58. The second kappa shape index (κ2) is 11.0. The van der Waals surface area contributed by atoms with Crippen molar-refractivity contribution in [3.8, 4) is 22.3 Å². The Kier molecular flexibility index (Phi) is 6.18. The summed E-state index contributed by atoms with van der Waals surface area (Å²) in [4.78, 5) is 2.31. The molecule has 49 heavy (non-hydrogen) atoms. The van der Waals surface area contributed by atoms with Gasteiger partial charge in [0.1, 0.15) is 22.3 Å².